The van der Waals surface area contributed by atoms with E-state index in [1.165, 1.54) is 0 Å². The number of hydrogen-bond donors (Lipinski definition) is 1. The summed E-state index contributed by atoms with van der Waals surface area (Å²) >= 11 is 0. The van der Waals surface area contributed by atoms with Crippen LogP contribution >= 0.6 is 0 Å². The topological polar surface area (TPSA) is 58.6 Å². The molecule has 1 aliphatic carbocycles. The van der Waals surface area contributed by atoms with Gasteiger partial charge in [0, 0.05) is 18.2 Å². The monoisotopic (exact) mass is 294 g/mol. The number of nitrogens with one attached hydrogen (secondary N) is 1. The van der Waals surface area contributed by atoms with Gasteiger partial charge in [0.15, 0.2) is 0 Å². The zero-order valence-electron chi connectivity index (χ0n) is 13.4. The fourth-order valence-corrected chi connectivity index (χ4v) is 3.01. The molecule has 118 valence electrons. The lowest BCUT2D eigenvalue weighted by atomic mass is 9.91. The molecule has 1 fully saturated rings. The van der Waals surface area contributed by atoms with Gasteiger partial charge in [-0.2, -0.15) is 0 Å². The molecule has 1 heterocycles. The van der Waals surface area contributed by atoms with Crippen molar-refractivity contribution in [1.82, 2.24) is 10.2 Å². The van der Waals surface area contributed by atoms with Gasteiger partial charge < -0.3 is 15.0 Å². The van der Waals surface area contributed by atoms with Crippen molar-refractivity contribution in [3.63, 3.8) is 0 Å². The van der Waals surface area contributed by atoms with E-state index < -0.39 is 6.09 Å². The van der Waals surface area contributed by atoms with E-state index in [-0.39, 0.29) is 23.6 Å². The van der Waals surface area contributed by atoms with Crippen LogP contribution in [0.25, 0.3) is 0 Å². The van der Waals surface area contributed by atoms with E-state index in [4.69, 9.17) is 4.74 Å². The Bertz CT molecular complexity index is 451. The average molecular weight is 294 g/mol. The molecule has 0 bridgehead atoms. The molecule has 1 aliphatic heterocycles. The van der Waals surface area contributed by atoms with Crippen molar-refractivity contribution in [1.29, 1.82) is 0 Å². The number of hydrogen-bond acceptors (Lipinski definition) is 3. The van der Waals surface area contributed by atoms with Crippen LogP contribution in [-0.2, 0) is 9.53 Å². The van der Waals surface area contributed by atoms with Crippen molar-refractivity contribution in [2.24, 2.45) is 0 Å². The highest BCUT2D eigenvalue weighted by atomic mass is 16.6. The third-order valence-electron chi connectivity index (χ3n) is 3.88. The largest absolute Gasteiger partial charge is 0.444 e. The van der Waals surface area contributed by atoms with Crippen molar-refractivity contribution in [2.75, 3.05) is 6.54 Å². The Hall–Kier alpha value is -1.52. The van der Waals surface area contributed by atoms with Gasteiger partial charge in [0.05, 0.1) is 6.04 Å². The predicted octanol–water partition coefficient (Wildman–Crippen LogP) is 2.61. The second-order valence-corrected chi connectivity index (χ2v) is 7.13. The van der Waals surface area contributed by atoms with Crippen molar-refractivity contribution in [2.45, 2.75) is 71.1 Å². The maximum Gasteiger partial charge on any atom is 0.407 e. The molecule has 2 aliphatic rings. The number of ether oxygens (including phenoxy) is 1. The third kappa shape index (κ3) is 4.22. The predicted molar refractivity (Wildman–Crippen MR) is 80.9 cm³/mol. The molecule has 1 saturated carbocycles. The average Bonchev–Trinajstić information content (AvgIpc) is 2.66. The van der Waals surface area contributed by atoms with Gasteiger partial charge in [0.2, 0.25) is 5.91 Å². The van der Waals surface area contributed by atoms with Gasteiger partial charge in [-0.25, -0.2) is 4.79 Å². The summed E-state index contributed by atoms with van der Waals surface area (Å²) in [7, 11) is 0. The van der Waals surface area contributed by atoms with Gasteiger partial charge in [0.1, 0.15) is 6.10 Å². The summed E-state index contributed by atoms with van der Waals surface area (Å²) in [4.78, 5) is 25.9. The van der Waals surface area contributed by atoms with E-state index in [1.54, 1.807) is 6.08 Å². The molecule has 1 N–H and O–H groups in total. The van der Waals surface area contributed by atoms with Gasteiger partial charge >= 0.3 is 6.09 Å². The van der Waals surface area contributed by atoms with Crippen LogP contribution in [0.3, 0.4) is 0 Å². The molecule has 0 saturated heterocycles. The summed E-state index contributed by atoms with van der Waals surface area (Å²) in [5, 5.41) is 2.82. The van der Waals surface area contributed by atoms with Crippen molar-refractivity contribution in [3.8, 4) is 0 Å². The maximum absolute atomic E-state index is 12.0. The Morgan fingerprint density at radius 2 is 2.00 bits per heavy atom. The number of amides is 2. The number of nitrogens with zero attached hydrogens (tertiary/aromatic N) is 1. The third-order valence-corrected chi connectivity index (χ3v) is 3.88. The van der Waals surface area contributed by atoms with Crippen LogP contribution in [0.15, 0.2) is 11.6 Å². The van der Waals surface area contributed by atoms with E-state index in [0.29, 0.717) is 6.54 Å². The van der Waals surface area contributed by atoms with Gasteiger partial charge in [-0.15, -0.1) is 0 Å². The quantitative estimate of drug-likeness (QED) is 0.851. The van der Waals surface area contributed by atoms with Crippen molar-refractivity contribution < 1.29 is 14.3 Å². The van der Waals surface area contributed by atoms with Gasteiger partial charge in [-0.3, -0.25) is 4.79 Å². The summed E-state index contributed by atoms with van der Waals surface area (Å²) in [6, 6.07) is 0.00525. The van der Waals surface area contributed by atoms with Crippen LogP contribution in [0, 0.1) is 0 Å². The van der Waals surface area contributed by atoms with Gasteiger partial charge in [-0.1, -0.05) is 6.42 Å². The Morgan fingerprint density at radius 1 is 1.33 bits per heavy atom. The zero-order valence-corrected chi connectivity index (χ0v) is 13.4. The van der Waals surface area contributed by atoms with E-state index in [1.807, 2.05) is 32.6 Å². The van der Waals surface area contributed by atoms with Gasteiger partial charge in [0.25, 0.3) is 0 Å². The summed E-state index contributed by atoms with van der Waals surface area (Å²) in [5.74, 6) is 0.0456. The first-order valence-corrected chi connectivity index (χ1v) is 7.73. The zero-order chi connectivity index (χ0) is 15.6. The fourth-order valence-electron chi connectivity index (χ4n) is 3.01. The minimum Gasteiger partial charge on any atom is -0.444 e. The molecule has 2 unspecified atom stereocenters. The van der Waals surface area contributed by atoms with Crippen LogP contribution in [0.2, 0.25) is 0 Å². The van der Waals surface area contributed by atoms with Crippen LogP contribution < -0.4 is 5.32 Å². The van der Waals surface area contributed by atoms with Crippen LogP contribution in [0.1, 0.15) is 53.4 Å². The second-order valence-electron chi connectivity index (χ2n) is 7.13. The summed E-state index contributed by atoms with van der Waals surface area (Å²) in [6.45, 7) is 8.38. The molecule has 0 aromatic carbocycles. The maximum atomic E-state index is 12.0. The Kier molecular flexibility index (Phi) is 4.59. The van der Waals surface area contributed by atoms with Crippen LogP contribution in [0.4, 0.5) is 4.79 Å². The molecule has 21 heavy (non-hydrogen) atoms. The minimum atomic E-state index is -0.393. The Balaban J connectivity index is 1.99. The molecular weight excluding hydrogens is 268 g/mol. The highest BCUT2D eigenvalue weighted by Crippen LogP contribution is 2.28. The SMILES string of the molecule is CC1=CC(=O)N(C2CCCCC2OC(=O)NC(C)(C)C)C1. The van der Waals surface area contributed by atoms with E-state index in [2.05, 4.69) is 5.32 Å². The highest BCUT2D eigenvalue weighted by Gasteiger charge is 2.37. The minimum absolute atomic E-state index is 0.00525. The van der Waals surface area contributed by atoms with E-state index >= 15 is 0 Å². The lowest BCUT2D eigenvalue weighted by Gasteiger charge is -2.37. The molecule has 2 rings (SSSR count). The van der Waals surface area contributed by atoms with Crippen molar-refractivity contribution in [3.05, 3.63) is 11.6 Å². The lowest BCUT2D eigenvalue weighted by Crippen LogP contribution is -2.50. The molecule has 0 radical (unpaired) electrons. The summed E-state index contributed by atoms with van der Waals surface area (Å²) in [6.07, 6.45) is 4.93. The molecule has 0 aromatic rings. The summed E-state index contributed by atoms with van der Waals surface area (Å²) in [5.41, 5.74) is 0.756. The highest BCUT2D eigenvalue weighted by molar-refractivity contribution is 5.91. The molecule has 2 amide bonds. The van der Waals surface area contributed by atoms with E-state index in [0.717, 1.165) is 31.3 Å². The van der Waals surface area contributed by atoms with Crippen LogP contribution in [-0.4, -0.2) is 41.1 Å². The number of carbonyl (C=O) groups is 2. The first-order valence-electron chi connectivity index (χ1n) is 7.73. The van der Waals surface area contributed by atoms with Crippen LogP contribution in [0.5, 0.6) is 0 Å². The standard InChI is InChI=1S/C16H26N2O3/c1-11-9-14(19)18(10-11)12-7-5-6-8-13(12)21-15(20)17-16(2,3)4/h9,12-13H,5-8,10H2,1-4H3,(H,17,20). The van der Waals surface area contributed by atoms with Crippen molar-refractivity contribution >= 4 is 12.0 Å². The molecular formula is C16H26N2O3. The Morgan fingerprint density at radius 3 is 2.57 bits per heavy atom. The molecule has 5 heteroatoms. The lowest BCUT2D eigenvalue weighted by molar-refractivity contribution is -0.130. The summed E-state index contributed by atoms with van der Waals surface area (Å²) < 4.78 is 5.61. The Labute approximate surface area is 126 Å². The fraction of sp³-hybridized carbons (Fsp3) is 0.750. The molecule has 2 atom stereocenters. The smallest absolute Gasteiger partial charge is 0.407 e. The molecule has 0 aromatic heterocycles. The second kappa shape index (κ2) is 6.08. The number of carbonyl (C=O) groups excluding carboxylic acids is 2. The molecule has 5 nitrogen and oxygen atoms in total. The number of rotatable bonds is 2. The van der Waals surface area contributed by atoms with E-state index in [9.17, 15) is 9.59 Å². The normalized spacial score (nSPS) is 26.6. The first-order chi connectivity index (χ1) is 9.76. The first kappa shape index (κ1) is 15.9. The van der Waals surface area contributed by atoms with Gasteiger partial charge in [-0.05, 0) is 52.5 Å². The number of alkyl carbamates (subject to hydrolysis) is 1. The molecule has 0 spiro atoms.